The van der Waals surface area contributed by atoms with E-state index in [1.54, 1.807) is 35.3 Å². The van der Waals surface area contributed by atoms with Crippen LogP contribution in [0.25, 0.3) is 0 Å². The van der Waals surface area contributed by atoms with Crippen molar-refractivity contribution in [1.29, 1.82) is 0 Å². The predicted molar refractivity (Wildman–Crippen MR) is 82.8 cm³/mol. The molecule has 0 saturated heterocycles. The van der Waals surface area contributed by atoms with Crippen molar-refractivity contribution in [2.24, 2.45) is 0 Å². The molecule has 1 N–H and O–H groups in total. The van der Waals surface area contributed by atoms with Crippen molar-refractivity contribution in [3.63, 3.8) is 0 Å². The number of hydrogen-bond donors (Lipinski definition) is 1. The minimum Gasteiger partial charge on any atom is -0.339 e. The third-order valence-corrected chi connectivity index (χ3v) is 3.94. The number of hydrogen-bond acceptors (Lipinski definition) is 4. The van der Waals surface area contributed by atoms with Gasteiger partial charge in [0.1, 0.15) is 5.69 Å². The summed E-state index contributed by atoms with van der Waals surface area (Å²) < 4.78 is 39.3. The monoisotopic (exact) mass is 352 g/mol. The molecular formula is C15H11F3N4OS. The second kappa shape index (κ2) is 6.44. The van der Waals surface area contributed by atoms with Crippen molar-refractivity contribution in [2.45, 2.75) is 12.7 Å². The molecule has 3 aromatic rings. The first-order chi connectivity index (χ1) is 11.4. The van der Waals surface area contributed by atoms with Crippen LogP contribution in [0.3, 0.4) is 0 Å². The Morgan fingerprint density at radius 3 is 2.67 bits per heavy atom. The van der Waals surface area contributed by atoms with Crippen LogP contribution in [0.5, 0.6) is 0 Å². The first-order valence-corrected chi connectivity index (χ1v) is 7.69. The molecule has 9 heteroatoms. The van der Waals surface area contributed by atoms with Crippen LogP contribution in [-0.4, -0.2) is 20.4 Å². The van der Waals surface area contributed by atoms with Crippen LogP contribution in [0.1, 0.15) is 21.7 Å². The lowest BCUT2D eigenvalue weighted by Gasteiger charge is -2.08. The highest BCUT2D eigenvalue weighted by molar-refractivity contribution is 7.14. The summed E-state index contributed by atoms with van der Waals surface area (Å²) in [5.41, 5.74) is 0.259. The fraction of sp³-hybridized carbons (Fsp3) is 0.133. The highest BCUT2D eigenvalue weighted by Gasteiger charge is 2.34. The molecule has 0 bridgehead atoms. The summed E-state index contributed by atoms with van der Waals surface area (Å²) in [7, 11) is 0. The molecule has 3 rings (SSSR count). The Bertz CT molecular complexity index is 842. The molecule has 0 saturated carbocycles. The van der Waals surface area contributed by atoms with E-state index in [0.29, 0.717) is 12.2 Å². The minimum absolute atomic E-state index is 0.0935. The van der Waals surface area contributed by atoms with Gasteiger partial charge in [0.15, 0.2) is 10.8 Å². The van der Waals surface area contributed by atoms with Crippen LogP contribution in [0.2, 0.25) is 0 Å². The van der Waals surface area contributed by atoms with Crippen LogP contribution in [-0.2, 0) is 12.7 Å². The van der Waals surface area contributed by atoms with E-state index >= 15 is 0 Å². The van der Waals surface area contributed by atoms with Crippen LogP contribution >= 0.6 is 11.3 Å². The quantitative estimate of drug-likeness (QED) is 0.780. The number of carbonyl (C=O) groups is 1. The molecule has 0 fully saturated rings. The summed E-state index contributed by atoms with van der Waals surface area (Å²) in [6.45, 7) is 0.448. The normalized spacial score (nSPS) is 11.5. The first kappa shape index (κ1) is 16.2. The molecular weight excluding hydrogens is 341 g/mol. The van der Waals surface area contributed by atoms with Crippen LogP contribution in [0, 0.1) is 0 Å². The third kappa shape index (κ3) is 3.62. The van der Waals surface area contributed by atoms with Crippen LogP contribution in [0.15, 0.2) is 48.2 Å². The topological polar surface area (TPSA) is 59.8 Å². The number of nitrogens with zero attached hydrogens (tertiary/aromatic N) is 3. The molecule has 3 aromatic heterocycles. The fourth-order valence-corrected chi connectivity index (χ4v) is 2.78. The number of halogens is 3. The maximum Gasteiger partial charge on any atom is 0.434 e. The Morgan fingerprint density at radius 2 is 2.00 bits per heavy atom. The summed E-state index contributed by atoms with van der Waals surface area (Å²) >= 11 is 0.731. The molecule has 5 nitrogen and oxygen atoms in total. The van der Waals surface area contributed by atoms with Gasteiger partial charge >= 0.3 is 6.18 Å². The molecule has 0 spiro atoms. The maximum atomic E-state index is 12.5. The maximum absolute atomic E-state index is 12.5. The van der Waals surface area contributed by atoms with Crippen LogP contribution in [0.4, 0.5) is 18.3 Å². The first-order valence-electron chi connectivity index (χ1n) is 6.81. The van der Waals surface area contributed by atoms with Crippen molar-refractivity contribution in [2.75, 3.05) is 5.32 Å². The van der Waals surface area contributed by atoms with E-state index < -0.39 is 17.8 Å². The van der Waals surface area contributed by atoms with Gasteiger partial charge in [-0.25, -0.2) is 4.98 Å². The highest BCUT2D eigenvalue weighted by atomic mass is 32.1. The van der Waals surface area contributed by atoms with Gasteiger partial charge in [-0.05, 0) is 29.8 Å². The van der Waals surface area contributed by atoms with Gasteiger partial charge in [0.25, 0.3) is 5.91 Å². The van der Waals surface area contributed by atoms with Gasteiger partial charge < -0.3 is 4.57 Å². The number of nitrogens with one attached hydrogen (secondary N) is 1. The molecule has 0 aliphatic heterocycles. The molecule has 0 aliphatic rings. The number of aromatic nitrogens is 3. The fourth-order valence-electron chi connectivity index (χ4n) is 2.07. The Kier molecular flexibility index (Phi) is 4.34. The van der Waals surface area contributed by atoms with Crippen molar-refractivity contribution >= 4 is 22.4 Å². The molecule has 0 unspecified atom stereocenters. The van der Waals surface area contributed by atoms with Gasteiger partial charge in [-0.15, -0.1) is 11.3 Å². The largest absolute Gasteiger partial charge is 0.434 e. The van der Waals surface area contributed by atoms with E-state index in [1.807, 2.05) is 12.1 Å². The van der Waals surface area contributed by atoms with Gasteiger partial charge in [-0.2, -0.15) is 13.2 Å². The minimum atomic E-state index is -4.53. The summed E-state index contributed by atoms with van der Waals surface area (Å²) in [6.07, 6.45) is 0.485. The number of carbonyl (C=O) groups excluding carboxylic acids is 1. The molecule has 24 heavy (non-hydrogen) atoms. The van der Waals surface area contributed by atoms with E-state index in [2.05, 4.69) is 15.3 Å². The van der Waals surface area contributed by atoms with Gasteiger partial charge in [0.2, 0.25) is 0 Å². The van der Waals surface area contributed by atoms with Gasteiger partial charge in [0.05, 0.1) is 0 Å². The lowest BCUT2D eigenvalue weighted by atomic mass is 10.2. The van der Waals surface area contributed by atoms with Crippen molar-refractivity contribution < 1.29 is 18.0 Å². The number of rotatable bonds is 4. The van der Waals surface area contributed by atoms with Crippen molar-refractivity contribution in [3.05, 3.63) is 65.2 Å². The predicted octanol–water partition coefficient (Wildman–Crippen LogP) is 3.66. The number of thiazole rings is 1. The second-order valence-electron chi connectivity index (χ2n) is 4.87. The van der Waals surface area contributed by atoms with Crippen LogP contribution < -0.4 is 5.32 Å². The number of amides is 1. The van der Waals surface area contributed by atoms with Crippen molar-refractivity contribution in [1.82, 2.24) is 14.5 Å². The number of anilines is 1. The van der Waals surface area contributed by atoms with E-state index in [-0.39, 0.29) is 5.13 Å². The molecule has 0 radical (unpaired) electrons. The Morgan fingerprint density at radius 1 is 1.25 bits per heavy atom. The van der Waals surface area contributed by atoms with Crippen molar-refractivity contribution in [3.8, 4) is 0 Å². The van der Waals surface area contributed by atoms with E-state index in [9.17, 15) is 18.0 Å². The smallest absolute Gasteiger partial charge is 0.339 e. The standard InChI is InChI=1S/C15H11F3N4OS/c16-15(17,18)12-9-24-14(20-12)21-13(23)11-2-1-7-22(11)8-10-3-5-19-6-4-10/h1-7,9H,8H2,(H,20,21,23). The number of pyridine rings is 1. The molecule has 3 heterocycles. The third-order valence-electron chi connectivity index (χ3n) is 3.18. The Hall–Kier alpha value is -2.68. The van der Waals surface area contributed by atoms with Gasteiger partial charge in [0, 0.05) is 30.5 Å². The SMILES string of the molecule is O=C(Nc1nc(C(F)(F)F)cs1)c1cccn1Cc1ccncc1. The lowest BCUT2D eigenvalue weighted by molar-refractivity contribution is -0.140. The molecule has 0 aromatic carbocycles. The van der Waals surface area contributed by atoms with Gasteiger partial charge in [-0.1, -0.05) is 0 Å². The van der Waals surface area contributed by atoms with E-state index in [4.69, 9.17) is 0 Å². The summed E-state index contributed by atoms with van der Waals surface area (Å²) in [5.74, 6) is -0.517. The molecule has 0 atom stereocenters. The molecule has 1 amide bonds. The zero-order valence-corrected chi connectivity index (χ0v) is 12.9. The van der Waals surface area contributed by atoms with Gasteiger partial charge in [-0.3, -0.25) is 15.1 Å². The highest BCUT2D eigenvalue weighted by Crippen LogP contribution is 2.31. The summed E-state index contributed by atoms with van der Waals surface area (Å²) in [5, 5.41) is 3.17. The average Bonchev–Trinajstić information content (AvgIpc) is 3.17. The Labute approximate surface area is 138 Å². The zero-order chi connectivity index (χ0) is 17.2. The number of alkyl halides is 3. The Balaban J connectivity index is 1.74. The average molecular weight is 352 g/mol. The zero-order valence-electron chi connectivity index (χ0n) is 12.1. The summed E-state index contributed by atoms with van der Waals surface area (Å²) in [6, 6.07) is 6.92. The molecule has 0 aliphatic carbocycles. The van der Waals surface area contributed by atoms with E-state index in [1.165, 1.54) is 0 Å². The van der Waals surface area contributed by atoms with E-state index in [0.717, 1.165) is 22.3 Å². The summed E-state index contributed by atoms with van der Waals surface area (Å²) in [4.78, 5) is 19.6. The molecule has 124 valence electrons. The lowest BCUT2D eigenvalue weighted by Crippen LogP contribution is -2.17. The second-order valence-corrected chi connectivity index (χ2v) is 5.72.